The van der Waals surface area contributed by atoms with Gasteiger partial charge in [-0.25, -0.2) is 4.68 Å². The Hall–Kier alpha value is -3.57. The number of benzene rings is 2. The van der Waals surface area contributed by atoms with Crippen molar-refractivity contribution in [3.8, 4) is 38.6 Å². The molecule has 0 radical (unpaired) electrons. The van der Waals surface area contributed by atoms with Gasteiger partial charge >= 0.3 is 0 Å². The van der Waals surface area contributed by atoms with E-state index in [0.717, 1.165) is 28.2 Å². The molecule has 0 bridgehead atoms. The van der Waals surface area contributed by atoms with Crippen LogP contribution in [0, 0.1) is 0 Å². The van der Waals surface area contributed by atoms with E-state index in [9.17, 15) is 0 Å². The van der Waals surface area contributed by atoms with Crippen LogP contribution < -0.4 is 0 Å². The van der Waals surface area contributed by atoms with Crippen molar-refractivity contribution in [1.29, 1.82) is 0 Å². The fourth-order valence-electron chi connectivity index (χ4n) is 3.11. The molecule has 4 nitrogen and oxygen atoms in total. The average molecular weight is 380 g/mol. The smallest absolute Gasteiger partial charge is 0.113 e. The molecule has 0 atom stereocenters. The van der Waals surface area contributed by atoms with Gasteiger partial charge in [-0.3, -0.25) is 4.98 Å². The monoisotopic (exact) mass is 380 g/mol. The molecule has 0 saturated carbocycles. The van der Waals surface area contributed by atoms with Crippen molar-refractivity contribution in [2.24, 2.45) is 0 Å². The van der Waals surface area contributed by atoms with Gasteiger partial charge in [-0.15, -0.1) is 16.4 Å². The minimum Gasteiger partial charge on any atom is -0.256 e. The summed E-state index contributed by atoms with van der Waals surface area (Å²) in [5.74, 6) is 0. The molecule has 0 aliphatic rings. The third kappa shape index (κ3) is 3.23. The van der Waals surface area contributed by atoms with Gasteiger partial charge in [0.1, 0.15) is 5.69 Å². The van der Waals surface area contributed by atoms with Crippen molar-refractivity contribution in [3.05, 3.63) is 96.6 Å². The van der Waals surface area contributed by atoms with E-state index in [0.29, 0.717) is 0 Å². The predicted molar refractivity (Wildman–Crippen MR) is 113 cm³/mol. The number of thiophene rings is 1. The second kappa shape index (κ2) is 7.21. The summed E-state index contributed by atoms with van der Waals surface area (Å²) in [5.41, 5.74) is 6.06. The highest BCUT2D eigenvalue weighted by Gasteiger charge is 2.08. The standard InChI is InChI=1S/C23H16N4S/c1-2-13-24-21(7-1)19-5-3-6-20(15-19)27-16-22(25-26-27)17-9-11-18(12-10-17)23-8-4-14-28-23/h1-16H. The van der Waals surface area contributed by atoms with E-state index in [4.69, 9.17) is 0 Å². The van der Waals surface area contributed by atoms with Crippen LogP contribution in [0.1, 0.15) is 0 Å². The summed E-state index contributed by atoms with van der Waals surface area (Å²) in [6.07, 6.45) is 3.76. The quantitative estimate of drug-likeness (QED) is 0.400. The molecular formula is C23H16N4S. The molecule has 3 heterocycles. The SMILES string of the molecule is c1ccc(-c2cccc(-n3cc(-c4ccc(-c5cccs5)cc4)nn3)c2)nc1. The highest BCUT2D eigenvalue weighted by Crippen LogP contribution is 2.27. The first-order valence-electron chi connectivity index (χ1n) is 8.95. The molecule has 0 saturated heterocycles. The van der Waals surface area contributed by atoms with Crippen LogP contribution in [0.25, 0.3) is 38.6 Å². The van der Waals surface area contributed by atoms with Crippen LogP contribution in [0.2, 0.25) is 0 Å². The normalized spacial score (nSPS) is 10.9. The first-order chi connectivity index (χ1) is 13.9. The Morgan fingerprint density at radius 2 is 1.61 bits per heavy atom. The fourth-order valence-corrected chi connectivity index (χ4v) is 3.84. The second-order valence-electron chi connectivity index (χ2n) is 6.37. The lowest BCUT2D eigenvalue weighted by molar-refractivity contribution is 0.804. The topological polar surface area (TPSA) is 43.6 Å². The second-order valence-corrected chi connectivity index (χ2v) is 7.32. The Morgan fingerprint density at radius 3 is 2.39 bits per heavy atom. The molecule has 134 valence electrons. The van der Waals surface area contributed by atoms with Crippen LogP contribution in [0.3, 0.4) is 0 Å². The van der Waals surface area contributed by atoms with Gasteiger partial charge < -0.3 is 0 Å². The van der Waals surface area contributed by atoms with Gasteiger partial charge in [-0.2, -0.15) is 0 Å². The summed E-state index contributed by atoms with van der Waals surface area (Å²) in [6.45, 7) is 0. The van der Waals surface area contributed by atoms with Gasteiger partial charge in [0.25, 0.3) is 0 Å². The Labute approximate surface area is 166 Å². The minimum atomic E-state index is 0.848. The van der Waals surface area contributed by atoms with E-state index in [1.165, 1.54) is 10.4 Å². The Kier molecular flexibility index (Phi) is 4.27. The van der Waals surface area contributed by atoms with Crippen molar-refractivity contribution in [1.82, 2.24) is 20.0 Å². The van der Waals surface area contributed by atoms with E-state index < -0.39 is 0 Å². The number of hydrogen-bond acceptors (Lipinski definition) is 4. The number of hydrogen-bond donors (Lipinski definition) is 0. The van der Waals surface area contributed by atoms with E-state index in [1.54, 1.807) is 22.2 Å². The number of nitrogens with zero attached hydrogens (tertiary/aromatic N) is 4. The van der Waals surface area contributed by atoms with Crippen LogP contribution in [-0.2, 0) is 0 Å². The Bertz CT molecular complexity index is 1190. The third-order valence-corrected chi connectivity index (χ3v) is 5.47. The molecule has 0 spiro atoms. The molecule has 5 rings (SSSR count). The van der Waals surface area contributed by atoms with Crippen LogP contribution in [0.15, 0.2) is 96.6 Å². The first-order valence-corrected chi connectivity index (χ1v) is 9.83. The fraction of sp³-hybridized carbons (Fsp3) is 0. The highest BCUT2D eigenvalue weighted by molar-refractivity contribution is 7.13. The predicted octanol–water partition coefficient (Wildman–Crippen LogP) is 5.72. The van der Waals surface area contributed by atoms with E-state index in [2.05, 4.69) is 63.1 Å². The zero-order valence-electron chi connectivity index (χ0n) is 14.9. The summed E-state index contributed by atoms with van der Waals surface area (Å²) in [5, 5.41) is 10.8. The molecular weight excluding hydrogens is 364 g/mol. The lowest BCUT2D eigenvalue weighted by atomic mass is 10.1. The van der Waals surface area contributed by atoms with Gasteiger partial charge in [-0.1, -0.05) is 53.7 Å². The van der Waals surface area contributed by atoms with Gasteiger partial charge in [0, 0.05) is 22.2 Å². The van der Waals surface area contributed by atoms with Gasteiger partial charge in [0.2, 0.25) is 0 Å². The van der Waals surface area contributed by atoms with Crippen LogP contribution in [0.4, 0.5) is 0 Å². The molecule has 2 aromatic carbocycles. The van der Waals surface area contributed by atoms with Gasteiger partial charge in [0.05, 0.1) is 17.6 Å². The first kappa shape index (κ1) is 16.6. The van der Waals surface area contributed by atoms with Crippen LogP contribution in [0.5, 0.6) is 0 Å². The zero-order chi connectivity index (χ0) is 18.8. The largest absolute Gasteiger partial charge is 0.256 e. The molecule has 3 aromatic heterocycles. The summed E-state index contributed by atoms with van der Waals surface area (Å²) < 4.78 is 1.80. The molecule has 0 fully saturated rings. The minimum absolute atomic E-state index is 0.848. The van der Waals surface area contributed by atoms with Crippen molar-refractivity contribution in [2.75, 3.05) is 0 Å². The van der Waals surface area contributed by atoms with E-state index in [-0.39, 0.29) is 0 Å². The lowest BCUT2D eigenvalue weighted by Crippen LogP contribution is -1.95. The van der Waals surface area contributed by atoms with E-state index >= 15 is 0 Å². The molecule has 0 aliphatic carbocycles. The molecule has 0 N–H and O–H groups in total. The molecule has 0 aliphatic heterocycles. The lowest BCUT2D eigenvalue weighted by Gasteiger charge is -2.04. The number of rotatable bonds is 4. The van der Waals surface area contributed by atoms with Crippen molar-refractivity contribution >= 4 is 11.3 Å². The zero-order valence-corrected chi connectivity index (χ0v) is 15.8. The molecule has 28 heavy (non-hydrogen) atoms. The van der Waals surface area contributed by atoms with Crippen molar-refractivity contribution < 1.29 is 0 Å². The van der Waals surface area contributed by atoms with Gasteiger partial charge in [-0.05, 0) is 41.3 Å². The Balaban J connectivity index is 1.44. The van der Waals surface area contributed by atoms with E-state index in [1.807, 2.05) is 42.6 Å². The summed E-state index contributed by atoms with van der Waals surface area (Å²) in [7, 11) is 0. The molecule has 5 heteroatoms. The maximum atomic E-state index is 4.42. The molecule has 0 amide bonds. The maximum Gasteiger partial charge on any atom is 0.113 e. The average Bonchev–Trinajstić information content (AvgIpc) is 3.47. The van der Waals surface area contributed by atoms with Crippen LogP contribution in [-0.4, -0.2) is 20.0 Å². The third-order valence-electron chi connectivity index (χ3n) is 4.55. The summed E-state index contributed by atoms with van der Waals surface area (Å²) in [6, 6.07) is 26.7. The Morgan fingerprint density at radius 1 is 0.714 bits per heavy atom. The highest BCUT2D eigenvalue weighted by atomic mass is 32.1. The summed E-state index contributed by atoms with van der Waals surface area (Å²) >= 11 is 1.74. The molecule has 5 aromatic rings. The van der Waals surface area contributed by atoms with Crippen molar-refractivity contribution in [2.45, 2.75) is 0 Å². The van der Waals surface area contributed by atoms with Crippen molar-refractivity contribution in [3.63, 3.8) is 0 Å². The molecule has 0 unspecified atom stereocenters. The number of aromatic nitrogens is 4. The maximum absolute atomic E-state index is 4.42. The number of pyridine rings is 1. The van der Waals surface area contributed by atoms with Gasteiger partial charge in [0.15, 0.2) is 0 Å². The summed E-state index contributed by atoms with van der Waals surface area (Å²) in [4.78, 5) is 5.69. The van der Waals surface area contributed by atoms with Crippen LogP contribution >= 0.6 is 11.3 Å².